The molecule has 24 heavy (non-hydrogen) atoms. The highest BCUT2D eigenvalue weighted by Crippen LogP contribution is 2.07. The number of nitrogens with one attached hydrogen (secondary N) is 1. The summed E-state index contributed by atoms with van der Waals surface area (Å²) >= 11 is 0. The van der Waals surface area contributed by atoms with E-state index in [2.05, 4.69) is 95.5 Å². The number of guanidine groups is 1. The van der Waals surface area contributed by atoms with Gasteiger partial charge in [-0.05, 0) is 37.4 Å². The number of aryl methyl sites for hydroxylation is 1. The van der Waals surface area contributed by atoms with E-state index in [0.29, 0.717) is 0 Å². The summed E-state index contributed by atoms with van der Waals surface area (Å²) in [4.78, 5) is 8.69. The highest BCUT2D eigenvalue weighted by Gasteiger charge is 2.08. The van der Waals surface area contributed by atoms with Crippen molar-refractivity contribution < 1.29 is 0 Å². The Hall–Kier alpha value is -2.27. The van der Waals surface area contributed by atoms with Crippen LogP contribution in [0, 0.1) is 0 Å². The van der Waals surface area contributed by atoms with Crippen LogP contribution < -0.4 is 5.32 Å². The van der Waals surface area contributed by atoms with Crippen LogP contribution in [0.25, 0.3) is 0 Å². The Labute approximate surface area is 145 Å². The van der Waals surface area contributed by atoms with Crippen molar-refractivity contribution in [2.45, 2.75) is 19.6 Å². The maximum atomic E-state index is 4.39. The van der Waals surface area contributed by atoms with Crippen LogP contribution in [0.15, 0.2) is 47.6 Å². The predicted molar refractivity (Wildman–Crippen MR) is 101 cm³/mol. The van der Waals surface area contributed by atoms with Crippen LogP contribution in [0.2, 0.25) is 0 Å². The van der Waals surface area contributed by atoms with Crippen LogP contribution in [-0.4, -0.2) is 48.5 Å². The molecule has 0 fully saturated rings. The molecule has 0 unspecified atom stereocenters. The molecule has 0 bridgehead atoms. The lowest BCUT2D eigenvalue weighted by Crippen LogP contribution is -2.38. The predicted octanol–water partition coefficient (Wildman–Crippen LogP) is 2.29. The molecule has 2 rings (SSSR count). The summed E-state index contributed by atoms with van der Waals surface area (Å²) in [6.45, 7) is 2.56. The molecule has 0 aliphatic heterocycles. The fourth-order valence-electron chi connectivity index (χ4n) is 2.67. The van der Waals surface area contributed by atoms with Gasteiger partial charge in [-0.3, -0.25) is 4.99 Å². The van der Waals surface area contributed by atoms with E-state index in [1.807, 2.05) is 7.05 Å². The van der Waals surface area contributed by atoms with Gasteiger partial charge >= 0.3 is 0 Å². The molecule has 1 aromatic carbocycles. The number of hydrogen-bond acceptors (Lipinski definition) is 2. The van der Waals surface area contributed by atoms with Crippen LogP contribution in [0.1, 0.15) is 16.8 Å². The Bertz CT molecular complexity index is 655. The van der Waals surface area contributed by atoms with Crippen LogP contribution in [0.4, 0.5) is 0 Å². The Morgan fingerprint density at radius 3 is 2.25 bits per heavy atom. The molecular weight excluding hydrogens is 298 g/mol. The number of aromatic nitrogens is 1. The number of aliphatic imine (C=N–C) groups is 1. The van der Waals surface area contributed by atoms with E-state index in [9.17, 15) is 0 Å². The van der Waals surface area contributed by atoms with Crippen LogP contribution in [-0.2, 0) is 26.7 Å². The van der Waals surface area contributed by atoms with Crippen molar-refractivity contribution in [1.29, 1.82) is 0 Å². The van der Waals surface area contributed by atoms with E-state index in [1.165, 1.54) is 16.8 Å². The van der Waals surface area contributed by atoms with Gasteiger partial charge in [0, 0.05) is 46.1 Å². The summed E-state index contributed by atoms with van der Waals surface area (Å²) < 4.78 is 2.13. The van der Waals surface area contributed by atoms with Gasteiger partial charge in [0.1, 0.15) is 0 Å². The van der Waals surface area contributed by atoms with Gasteiger partial charge in [-0.15, -0.1) is 0 Å². The summed E-state index contributed by atoms with van der Waals surface area (Å²) in [5, 5.41) is 3.43. The lowest BCUT2D eigenvalue weighted by molar-refractivity contribution is 0.402. The first-order chi connectivity index (χ1) is 11.5. The van der Waals surface area contributed by atoms with E-state index >= 15 is 0 Å². The minimum absolute atomic E-state index is 0.770. The van der Waals surface area contributed by atoms with E-state index in [0.717, 1.165) is 25.6 Å². The van der Waals surface area contributed by atoms with Gasteiger partial charge in [0.25, 0.3) is 0 Å². The number of nitrogens with zero attached hydrogens (tertiary/aromatic N) is 4. The van der Waals surface area contributed by atoms with Crippen LogP contribution in [0.3, 0.4) is 0 Å². The van der Waals surface area contributed by atoms with E-state index in [-0.39, 0.29) is 0 Å². The molecular formula is C19H29N5. The number of rotatable bonds is 6. The third kappa shape index (κ3) is 5.13. The topological polar surface area (TPSA) is 35.8 Å². The molecule has 1 aromatic heterocycles. The fraction of sp³-hybridized carbons (Fsp3) is 0.421. The molecule has 0 aliphatic carbocycles. The van der Waals surface area contributed by atoms with Crippen LogP contribution >= 0.6 is 0 Å². The second-order valence-corrected chi connectivity index (χ2v) is 6.42. The summed E-state index contributed by atoms with van der Waals surface area (Å²) in [6.07, 6.45) is 2.06. The monoisotopic (exact) mass is 327 g/mol. The summed E-state index contributed by atoms with van der Waals surface area (Å²) in [6, 6.07) is 12.9. The maximum absolute atomic E-state index is 4.39. The molecule has 1 heterocycles. The van der Waals surface area contributed by atoms with Crippen molar-refractivity contribution in [3.63, 3.8) is 0 Å². The summed E-state index contributed by atoms with van der Waals surface area (Å²) in [5.41, 5.74) is 3.84. The van der Waals surface area contributed by atoms with Gasteiger partial charge in [0.2, 0.25) is 0 Å². The second-order valence-electron chi connectivity index (χ2n) is 6.42. The van der Waals surface area contributed by atoms with Crippen molar-refractivity contribution in [1.82, 2.24) is 19.7 Å². The average Bonchev–Trinajstić information content (AvgIpc) is 2.94. The van der Waals surface area contributed by atoms with Gasteiger partial charge in [0.05, 0.1) is 6.54 Å². The molecule has 0 amide bonds. The minimum atomic E-state index is 0.770. The zero-order chi connectivity index (χ0) is 17.5. The van der Waals surface area contributed by atoms with Crippen molar-refractivity contribution in [3.8, 4) is 0 Å². The molecule has 0 radical (unpaired) electrons. The Morgan fingerprint density at radius 2 is 1.71 bits per heavy atom. The number of benzene rings is 1. The third-order valence-corrected chi connectivity index (χ3v) is 4.00. The van der Waals surface area contributed by atoms with Crippen molar-refractivity contribution in [3.05, 3.63) is 59.4 Å². The summed E-state index contributed by atoms with van der Waals surface area (Å²) in [5.74, 6) is 0.897. The zero-order valence-electron chi connectivity index (χ0n) is 15.5. The zero-order valence-corrected chi connectivity index (χ0v) is 15.5. The first-order valence-electron chi connectivity index (χ1n) is 8.24. The highest BCUT2D eigenvalue weighted by molar-refractivity contribution is 5.79. The Morgan fingerprint density at radius 1 is 1.04 bits per heavy atom. The molecule has 0 spiro atoms. The van der Waals surface area contributed by atoms with E-state index < -0.39 is 0 Å². The molecule has 0 saturated carbocycles. The molecule has 2 aromatic rings. The molecule has 5 nitrogen and oxygen atoms in total. The number of hydrogen-bond donors (Lipinski definition) is 1. The molecule has 5 heteroatoms. The standard InChI is InChI=1S/C19H29N5/c1-20-19(24(5)15-18-7-6-12-23(18)4)21-13-16-8-10-17(11-9-16)14-22(2)3/h6-12H,13-15H2,1-5H3,(H,20,21). The molecule has 130 valence electrons. The van der Waals surface area contributed by atoms with Gasteiger partial charge in [-0.1, -0.05) is 24.3 Å². The molecule has 0 saturated heterocycles. The largest absolute Gasteiger partial charge is 0.353 e. The van der Waals surface area contributed by atoms with Crippen molar-refractivity contribution in [2.75, 3.05) is 28.2 Å². The lowest BCUT2D eigenvalue weighted by Gasteiger charge is -2.22. The van der Waals surface area contributed by atoms with Crippen molar-refractivity contribution >= 4 is 5.96 Å². The van der Waals surface area contributed by atoms with Gasteiger partial charge in [-0.25, -0.2) is 0 Å². The molecule has 0 aliphatic rings. The second kappa shape index (κ2) is 8.55. The smallest absolute Gasteiger partial charge is 0.194 e. The normalized spacial score (nSPS) is 11.8. The van der Waals surface area contributed by atoms with E-state index in [4.69, 9.17) is 0 Å². The van der Waals surface area contributed by atoms with E-state index in [1.54, 1.807) is 0 Å². The molecule has 0 atom stereocenters. The molecule has 1 N–H and O–H groups in total. The minimum Gasteiger partial charge on any atom is -0.353 e. The maximum Gasteiger partial charge on any atom is 0.194 e. The highest BCUT2D eigenvalue weighted by atomic mass is 15.3. The summed E-state index contributed by atoms with van der Waals surface area (Å²) in [7, 11) is 10.1. The quantitative estimate of drug-likeness (QED) is 0.653. The van der Waals surface area contributed by atoms with Crippen LogP contribution in [0.5, 0.6) is 0 Å². The van der Waals surface area contributed by atoms with Gasteiger partial charge in [0.15, 0.2) is 5.96 Å². The van der Waals surface area contributed by atoms with Gasteiger partial charge < -0.3 is 19.7 Å². The first kappa shape index (κ1) is 18.1. The Balaban J connectivity index is 1.90. The third-order valence-electron chi connectivity index (χ3n) is 4.00. The first-order valence-corrected chi connectivity index (χ1v) is 8.24. The van der Waals surface area contributed by atoms with Gasteiger partial charge in [-0.2, -0.15) is 0 Å². The lowest BCUT2D eigenvalue weighted by atomic mass is 10.1. The van der Waals surface area contributed by atoms with Crippen molar-refractivity contribution in [2.24, 2.45) is 12.0 Å². The average molecular weight is 327 g/mol. The fourth-order valence-corrected chi connectivity index (χ4v) is 2.67. The SMILES string of the molecule is CN=C(NCc1ccc(CN(C)C)cc1)N(C)Cc1cccn1C. The Kier molecular flexibility index (Phi) is 6.44.